The van der Waals surface area contributed by atoms with Crippen LogP contribution in [0.15, 0.2) is 24.3 Å². The number of hydrazine groups is 1. The second-order valence-corrected chi connectivity index (χ2v) is 5.94. The zero-order valence-corrected chi connectivity index (χ0v) is 12.2. The third kappa shape index (κ3) is 4.32. The average Bonchev–Trinajstić information content (AvgIpc) is 2.95. The number of hydrogen-bond acceptors (Lipinski definition) is 2. The summed E-state index contributed by atoms with van der Waals surface area (Å²) in [5.74, 6) is 6.68. The summed E-state index contributed by atoms with van der Waals surface area (Å²) in [6, 6.07) is 9.29. The first-order valence-corrected chi connectivity index (χ1v) is 7.88. The van der Waals surface area contributed by atoms with Gasteiger partial charge in [0.25, 0.3) is 0 Å². The van der Waals surface area contributed by atoms with Gasteiger partial charge in [0.15, 0.2) is 0 Å². The van der Waals surface area contributed by atoms with Crippen molar-refractivity contribution in [1.82, 2.24) is 5.43 Å². The molecule has 0 aliphatic heterocycles. The van der Waals surface area contributed by atoms with Crippen LogP contribution in [0.4, 0.5) is 0 Å². The van der Waals surface area contributed by atoms with Crippen LogP contribution in [0.5, 0.6) is 0 Å². The first-order valence-electron chi connectivity index (χ1n) is 7.88. The predicted octanol–water partition coefficient (Wildman–Crippen LogP) is 4.11. The van der Waals surface area contributed by atoms with Crippen molar-refractivity contribution in [2.75, 3.05) is 0 Å². The standard InChI is InChI=1S/C17H28N2/c1-2-5-14-8-11-16(12-9-14)17(19-18)13-10-15-6-3-4-7-15/h8-9,11-12,15,17,19H,2-7,10,13,18H2,1H3. The largest absolute Gasteiger partial charge is 0.271 e. The maximum Gasteiger partial charge on any atom is 0.0460 e. The fourth-order valence-corrected chi connectivity index (χ4v) is 3.25. The Bertz CT molecular complexity index is 352. The summed E-state index contributed by atoms with van der Waals surface area (Å²) in [4.78, 5) is 0. The number of nitrogens with one attached hydrogen (secondary N) is 1. The van der Waals surface area contributed by atoms with Gasteiger partial charge < -0.3 is 0 Å². The SMILES string of the molecule is CCCc1ccc(C(CCC2CCCC2)NN)cc1. The zero-order valence-electron chi connectivity index (χ0n) is 12.2. The van der Waals surface area contributed by atoms with Crippen molar-refractivity contribution >= 4 is 0 Å². The molecule has 1 unspecified atom stereocenters. The van der Waals surface area contributed by atoms with Crippen LogP contribution >= 0.6 is 0 Å². The quantitative estimate of drug-likeness (QED) is 0.572. The van der Waals surface area contributed by atoms with E-state index in [1.165, 1.54) is 56.1 Å². The van der Waals surface area contributed by atoms with Crippen molar-refractivity contribution in [3.63, 3.8) is 0 Å². The van der Waals surface area contributed by atoms with Gasteiger partial charge in [-0.1, -0.05) is 63.3 Å². The van der Waals surface area contributed by atoms with Gasteiger partial charge in [0.05, 0.1) is 0 Å². The third-order valence-corrected chi connectivity index (χ3v) is 4.46. The van der Waals surface area contributed by atoms with Gasteiger partial charge in [0, 0.05) is 6.04 Å². The lowest BCUT2D eigenvalue weighted by Gasteiger charge is -2.19. The third-order valence-electron chi connectivity index (χ3n) is 4.46. The minimum Gasteiger partial charge on any atom is -0.271 e. The summed E-state index contributed by atoms with van der Waals surface area (Å²) < 4.78 is 0. The molecule has 2 rings (SSSR count). The Labute approximate surface area is 117 Å². The number of aryl methyl sites for hydroxylation is 1. The van der Waals surface area contributed by atoms with Crippen molar-refractivity contribution in [2.24, 2.45) is 11.8 Å². The first kappa shape index (κ1) is 14.5. The molecule has 0 bridgehead atoms. The summed E-state index contributed by atoms with van der Waals surface area (Å²) in [5.41, 5.74) is 5.76. The van der Waals surface area contributed by atoms with Crippen LogP contribution in [0.1, 0.15) is 69.0 Å². The topological polar surface area (TPSA) is 38.0 Å². The fraction of sp³-hybridized carbons (Fsp3) is 0.647. The minimum absolute atomic E-state index is 0.316. The number of rotatable bonds is 7. The second kappa shape index (κ2) is 7.66. The van der Waals surface area contributed by atoms with E-state index in [0.29, 0.717) is 6.04 Å². The molecule has 1 aliphatic rings. The van der Waals surface area contributed by atoms with Crippen molar-refractivity contribution in [1.29, 1.82) is 0 Å². The van der Waals surface area contributed by atoms with Crippen LogP contribution in [-0.4, -0.2) is 0 Å². The molecule has 1 atom stereocenters. The van der Waals surface area contributed by atoms with Crippen LogP contribution < -0.4 is 11.3 Å². The summed E-state index contributed by atoms with van der Waals surface area (Å²) in [6.45, 7) is 2.22. The van der Waals surface area contributed by atoms with Crippen LogP contribution in [0, 0.1) is 5.92 Å². The van der Waals surface area contributed by atoms with Gasteiger partial charge >= 0.3 is 0 Å². The van der Waals surface area contributed by atoms with Gasteiger partial charge in [-0.3, -0.25) is 11.3 Å². The molecule has 2 nitrogen and oxygen atoms in total. The highest BCUT2D eigenvalue weighted by Gasteiger charge is 2.17. The normalized spacial score (nSPS) is 17.8. The van der Waals surface area contributed by atoms with Crippen molar-refractivity contribution < 1.29 is 0 Å². The fourth-order valence-electron chi connectivity index (χ4n) is 3.25. The van der Waals surface area contributed by atoms with E-state index in [9.17, 15) is 0 Å². The van der Waals surface area contributed by atoms with E-state index in [1.54, 1.807) is 0 Å². The Morgan fingerprint density at radius 2 is 1.89 bits per heavy atom. The highest BCUT2D eigenvalue weighted by Crippen LogP contribution is 2.31. The van der Waals surface area contributed by atoms with Gasteiger partial charge in [0.1, 0.15) is 0 Å². The number of nitrogens with two attached hydrogens (primary N) is 1. The van der Waals surface area contributed by atoms with Crippen LogP contribution in [0.25, 0.3) is 0 Å². The van der Waals surface area contributed by atoms with E-state index in [4.69, 9.17) is 5.84 Å². The van der Waals surface area contributed by atoms with E-state index >= 15 is 0 Å². The maximum absolute atomic E-state index is 5.74. The molecule has 1 aromatic rings. The molecule has 1 aromatic carbocycles. The van der Waals surface area contributed by atoms with Crippen molar-refractivity contribution in [3.05, 3.63) is 35.4 Å². The van der Waals surface area contributed by atoms with E-state index in [2.05, 4.69) is 36.6 Å². The monoisotopic (exact) mass is 260 g/mol. The maximum atomic E-state index is 5.74. The predicted molar refractivity (Wildman–Crippen MR) is 81.7 cm³/mol. The van der Waals surface area contributed by atoms with E-state index < -0.39 is 0 Å². The lowest BCUT2D eigenvalue weighted by atomic mass is 9.94. The molecule has 106 valence electrons. The van der Waals surface area contributed by atoms with Crippen LogP contribution in [0.3, 0.4) is 0 Å². The van der Waals surface area contributed by atoms with Gasteiger partial charge in [-0.2, -0.15) is 0 Å². The van der Waals surface area contributed by atoms with Crippen molar-refractivity contribution in [2.45, 2.75) is 64.3 Å². The Morgan fingerprint density at radius 1 is 1.21 bits per heavy atom. The Hall–Kier alpha value is -0.860. The molecule has 0 amide bonds. The summed E-state index contributed by atoms with van der Waals surface area (Å²) in [7, 11) is 0. The molecule has 0 radical (unpaired) electrons. The van der Waals surface area contributed by atoms with E-state index in [0.717, 1.165) is 12.3 Å². The Balaban J connectivity index is 1.88. The van der Waals surface area contributed by atoms with Crippen LogP contribution in [0.2, 0.25) is 0 Å². The number of hydrogen-bond donors (Lipinski definition) is 2. The molecule has 0 saturated heterocycles. The summed E-state index contributed by atoms with van der Waals surface area (Å²) in [6.07, 6.45) is 10.6. The second-order valence-electron chi connectivity index (χ2n) is 5.94. The van der Waals surface area contributed by atoms with Crippen molar-refractivity contribution in [3.8, 4) is 0 Å². The molecule has 3 N–H and O–H groups in total. The molecule has 0 aromatic heterocycles. The number of benzene rings is 1. The molecule has 2 heteroatoms. The van der Waals surface area contributed by atoms with Gasteiger partial charge in [0.2, 0.25) is 0 Å². The molecule has 19 heavy (non-hydrogen) atoms. The molecule has 0 heterocycles. The highest BCUT2D eigenvalue weighted by molar-refractivity contribution is 5.25. The summed E-state index contributed by atoms with van der Waals surface area (Å²) in [5, 5.41) is 0. The lowest BCUT2D eigenvalue weighted by Crippen LogP contribution is -2.28. The molecule has 1 fully saturated rings. The van der Waals surface area contributed by atoms with E-state index in [1.807, 2.05) is 0 Å². The molecular formula is C17H28N2. The molecule has 1 aliphatic carbocycles. The zero-order chi connectivity index (χ0) is 13.5. The van der Waals surface area contributed by atoms with Gasteiger partial charge in [-0.15, -0.1) is 0 Å². The molecule has 0 spiro atoms. The van der Waals surface area contributed by atoms with Gasteiger partial charge in [-0.25, -0.2) is 0 Å². The van der Waals surface area contributed by atoms with Crippen LogP contribution in [-0.2, 0) is 6.42 Å². The lowest BCUT2D eigenvalue weighted by molar-refractivity contribution is 0.416. The minimum atomic E-state index is 0.316. The molecule has 1 saturated carbocycles. The Morgan fingerprint density at radius 3 is 2.47 bits per heavy atom. The molecular weight excluding hydrogens is 232 g/mol. The first-order chi connectivity index (χ1) is 9.33. The Kier molecular flexibility index (Phi) is 5.87. The smallest absolute Gasteiger partial charge is 0.0460 e. The summed E-state index contributed by atoms with van der Waals surface area (Å²) >= 11 is 0. The van der Waals surface area contributed by atoms with Gasteiger partial charge in [-0.05, 0) is 36.3 Å². The average molecular weight is 260 g/mol. The van der Waals surface area contributed by atoms with E-state index in [-0.39, 0.29) is 0 Å². The highest BCUT2D eigenvalue weighted by atomic mass is 15.2.